The Kier molecular flexibility index (Phi) is 4.92. The smallest absolute Gasteiger partial charge is 0.227 e. The number of fused-ring (bicyclic) bond motifs is 2. The summed E-state index contributed by atoms with van der Waals surface area (Å²) < 4.78 is 12.0. The number of methoxy groups -OCH3 is 1. The number of aliphatic imine (C=N–C) groups is 1. The highest BCUT2D eigenvalue weighted by Crippen LogP contribution is 2.33. The van der Waals surface area contributed by atoms with E-state index in [2.05, 4.69) is 25.9 Å². The molecule has 0 saturated heterocycles. The van der Waals surface area contributed by atoms with Gasteiger partial charge in [-0.2, -0.15) is 0 Å². The molecule has 5 rings (SSSR count). The van der Waals surface area contributed by atoms with Gasteiger partial charge in [0.25, 0.3) is 0 Å². The number of phenols is 1. The lowest BCUT2D eigenvalue weighted by Gasteiger charge is -2.04. The van der Waals surface area contributed by atoms with Crippen molar-refractivity contribution in [3.8, 4) is 23.0 Å². The number of benzene rings is 4. The van der Waals surface area contributed by atoms with Crippen molar-refractivity contribution < 1.29 is 14.3 Å². The summed E-state index contributed by atoms with van der Waals surface area (Å²) in [6.45, 7) is 0. The van der Waals surface area contributed by atoms with E-state index < -0.39 is 0 Å². The molecule has 1 aromatic heterocycles. The largest absolute Gasteiger partial charge is 0.507 e. The molecule has 0 radical (unpaired) electrons. The number of phenolic OH excluding ortho intramolecular Hbond substituents is 1. The van der Waals surface area contributed by atoms with Crippen molar-refractivity contribution in [2.75, 3.05) is 7.11 Å². The average Bonchev–Trinajstić information content (AvgIpc) is 3.22. The minimum atomic E-state index is 0.192. The van der Waals surface area contributed by atoms with Crippen LogP contribution >= 0.6 is 15.9 Å². The molecule has 0 aliphatic heterocycles. The number of nitrogens with zero attached hydrogens (tertiary/aromatic N) is 2. The maximum absolute atomic E-state index is 10.3. The number of oxazole rings is 1. The highest BCUT2D eigenvalue weighted by Gasteiger charge is 2.11. The summed E-state index contributed by atoms with van der Waals surface area (Å²) >= 11 is 3.49. The van der Waals surface area contributed by atoms with E-state index in [1.54, 1.807) is 19.4 Å². The summed E-state index contributed by atoms with van der Waals surface area (Å²) in [5, 5.41) is 12.3. The Labute approximate surface area is 186 Å². The van der Waals surface area contributed by atoms with E-state index in [-0.39, 0.29) is 5.75 Å². The van der Waals surface area contributed by atoms with Crippen LogP contribution < -0.4 is 4.74 Å². The number of rotatable bonds is 4. The zero-order valence-corrected chi connectivity index (χ0v) is 18.1. The van der Waals surface area contributed by atoms with Crippen molar-refractivity contribution in [2.24, 2.45) is 4.99 Å². The number of hydrogen-bond acceptors (Lipinski definition) is 5. The molecule has 152 valence electrons. The third-order valence-corrected chi connectivity index (χ3v) is 5.68. The van der Waals surface area contributed by atoms with Crippen molar-refractivity contribution in [1.29, 1.82) is 0 Å². The van der Waals surface area contributed by atoms with E-state index in [0.29, 0.717) is 22.6 Å². The lowest BCUT2D eigenvalue weighted by Crippen LogP contribution is -1.85. The molecule has 0 amide bonds. The molecule has 5 nitrogen and oxygen atoms in total. The fraction of sp³-hybridized carbons (Fsp3) is 0.0400. The fourth-order valence-corrected chi connectivity index (χ4v) is 4.02. The first-order valence-corrected chi connectivity index (χ1v) is 10.4. The van der Waals surface area contributed by atoms with Gasteiger partial charge in [0.1, 0.15) is 17.0 Å². The Morgan fingerprint density at radius 3 is 2.74 bits per heavy atom. The standard InChI is InChI=1S/C25H17BrN2O3/c1-30-23-10-7-16(12-20(23)26)25-28-21-13-17(8-11-24(21)31-25)27-14-19-18-5-3-2-4-15(18)6-9-22(19)29/h2-14,29H,1H3. The van der Waals surface area contributed by atoms with E-state index in [1.165, 1.54) is 0 Å². The number of ether oxygens (including phenoxy) is 1. The molecule has 5 aromatic rings. The summed E-state index contributed by atoms with van der Waals surface area (Å²) in [5.74, 6) is 1.46. The van der Waals surface area contributed by atoms with E-state index in [4.69, 9.17) is 9.15 Å². The number of aromatic hydroxyl groups is 1. The minimum absolute atomic E-state index is 0.192. The van der Waals surface area contributed by atoms with Gasteiger partial charge in [-0.3, -0.25) is 4.99 Å². The van der Waals surface area contributed by atoms with Gasteiger partial charge in [-0.05, 0) is 69.2 Å². The van der Waals surface area contributed by atoms with Gasteiger partial charge in [0.2, 0.25) is 5.89 Å². The second-order valence-corrected chi connectivity index (χ2v) is 7.85. The maximum atomic E-state index is 10.3. The molecule has 0 fully saturated rings. The third-order valence-electron chi connectivity index (χ3n) is 5.06. The summed E-state index contributed by atoms with van der Waals surface area (Å²) in [6, 6.07) is 22.7. The van der Waals surface area contributed by atoms with Crippen LogP contribution in [0, 0.1) is 0 Å². The van der Waals surface area contributed by atoms with Gasteiger partial charge in [-0.15, -0.1) is 0 Å². The fourth-order valence-electron chi connectivity index (χ4n) is 3.48. The van der Waals surface area contributed by atoms with E-state index in [9.17, 15) is 5.11 Å². The predicted octanol–water partition coefficient (Wildman–Crippen LogP) is 6.88. The van der Waals surface area contributed by atoms with Gasteiger partial charge >= 0.3 is 0 Å². The molecule has 6 heteroatoms. The van der Waals surface area contributed by atoms with Crippen LogP contribution in [-0.4, -0.2) is 23.4 Å². The molecule has 31 heavy (non-hydrogen) atoms. The van der Waals surface area contributed by atoms with Crippen LogP contribution in [0.3, 0.4) is 0 Å². The zero-order valence-electron chi connectivity index (χ0n) is 16.5. The molecular weight excluding hydrogens is 456 g/mol. The Morgan fingerprint density at radius 2 is 1.90 bits per heavy atom. The third kappa shape index (κ3) is 3.66. The van der Waals surface area contributed by atoms with Gasteiger partial charge in [0, 0.05) is 17.3 Å². The highest BCUT2D eigenvalue weighted by atomic mass is 79.9. The minimum Gasteiger partial charge on any atom is -0.507 e. The molecule has 0 aliphatic carbocycles. The van der Waals surface area contributed by atoms with E-state index >= 15 is 0 Å². The van der Waals surface area contributed by atoms with Crippen LogP contribution in [0.15, 0.2) is 86.7 Å². The first-order valence-electron chi connectivity index (χ1n) is 9.62. The monoisotopic (exact) mass is 472 g/mol. The molecule has 1 N–H and O–H groups in total. The van der Waals surface area contributed by atoms with Crippen LogP contribution in [0.2, 0.25) is 0 Å². The Morgan fingerprint density at radius 1 is 1.03 bits per heavy atom. The highest BCUT2D eigenvalue weighted by molar-refractivity contribution is 9.10. The Hall–Kier alpha value is -3.64. The molecular formula is C25H17BrN2O3. The van der Waals surface area contributed by atoms with Crippen LogP contribution in [-0.2, 0) is 0 Å². The van der Waals surface area contributed by atoms with Gasteiger partial charge in [-0.25, -0.2) is 4.98 Å². The van der Waals surface area contributed by atoms with Gasteiger partial charge < -0.3 is 14.3 Å². The lowest BCUT2D eigenvalue weighted by molar-refractivity contribution is 0.412. The first-order chi connectivity index (χ1) is 15.1. The zero-order chi connectivity index (χ0) is 21.4. The number of aromatic nitrogens is 1. The molecule has 0 unspecified atom stereocenters. The molecule has 0 saturated carbocycles. The summed E-state index contributed by atoms with van der Waals surface area (Å²) in [5.41, 5.74) is 3.62. The van der Waals surface area contributed by atoms with Crippen LogP contribution in [0.5, 0.6) is 11.5 Å². The summed E-state index contributed by atoms with van der Waals surface area (Å²) in [4.78, 5) is 9.18. The average molecular weight is 473 g/mol. The van der Waals surface area contributed by atoms with Gasteiger partial charge in [0.15, 0.2) is 5.58 Å². The molecule has 0 atom stereocenters. The number of hydrogen-bond donors (Lipinski definition) is 1. The van der Waals surface area contributed by atoms with Crippen molar-refractivity contribution in [1.82, 2.24) is 4.98 Å². The van der Waals surface area contributed by atoms with Gasteiger partial charge in [0.05, 0.1) is 17.3 Å². The Balaban J connectivity index is 1.50. The van der Waals surface area contributed by atoms with Crippen molar-refractivity contribution in [3.63, 3.8) is 0 Å². The van der Waals surface area contributed by atoms with Crippen LogP contribution in [0.4, 0.5) is 5.69 Å². The Bertz CT molecular complexity index is 1460. The quantitative estimate of drug-likeness (QED) is 0.289. The predicted molar refractivity (Wildman–Crippen MR) is 127 cm³/mol. The van der Waals surface area contributed by atoms with Crippen LogP contribution in [0.25, 0.3) is 33.3 Å². The van der Waals surface area contributed by atoms with E-state index in [0.717, 1.165) is 32.2 Å². The second kappa shape index (κ2) is 7.89. The van der Waals surface area contributed by atoms with Crippen LogP contribution in [0.1, 0.15) is 5.56 Å². The van der Waals surface area contributed by atoms with Gasteiger partial charge in [-0.1, -0.05) is 30.3 Å². The maximum Gasteiger partial charge on any atom is 0.227 e. The topological polar surface area (TPSA) is 67.9 Å². The van der Waals surface area contributed by atoms with Crippen molar-refractivity contribution in [3.05, 3.63) is 82.8 Å². The first kappa shape index (κ1) is 19.3. The molecule has 0 aliphatic rings. The lowest BCUT2D eigenvalue weighted by atomic mass is 10.0. The number of halogens is 1. The van der Waals surface area contributed by atoms with Crippen molar-refractivity contribution >= 4 is 49.7 Å². The molecule has 0 bridgehead atoms. The molecule has 0 spiro atoms. The van der Waals surface area contributed by atoms with E-state index in [1.807, 2.05) is 66.7 Å². The summed E-state index contributed by atoms with van der Waals surface area (Å²) in [6.07, 6.45) is 1.68. The molecule has 1 heterocycles. The SMILES string of the molecule is COc1ccc(-c2nc3cc(N=Cc4c(O)ccc5ccccc45)ccc3o2)cc1Br. The second-order valence-electron chi connectivity index (χ2n) is 7.00. The van der Waals surface area contributed by atoms with Crippen molar-refractivity contribution in [2.45, 2.75) is 0 Å². The normalized spacial score (nSPS) is 11.5. The summed E-state index contributed by atoms with van der Waals surface area (Å²) in [7, 11) is 1.62. The molecule has 4 aromatic carbocycles.